The molecule has 1 N–H and O–H groups in total. The van der Waals surface area contributed by atoms with Crippen LogP contribution in [0.5, 0.6) is 5.75 Å². The van der Waals surface area contributed by atoms with Gasteiger partial charge in [-0.25, -0.2) is 4.79 Å². The summed E-state index contributed by atoms with van der Waals surface area (Å²) >= 11 is 6.06. The average Bonchev–Trinajstić information content (AvgIpc) is 2.72. The molecule has 0 atom stereocenters. The fraction of sp³-hybridized carbons (Fsp3) is 0.600. The van der Waals surface area contributed by atoms with Gasteiger partial charge in [0.2, 0.25) is 5.91 Å². The molecular formula is C20H26ClNO7. The number of rotatable bonds is 5. The third kappa shape index (κ3) is 4.66. The summed E-state index contributed by atoms with van der Waals surface area (Å²) in [6.07, 6.45) is 1.14. The van der Waals surface area contributed by atoms with Crippen LogP contribution in [0.3, 0.4) is 0 Å². The quantitative estimate of drug-likeness (QED) is 0.716. The molecule has 1 aromatic rings. The van der Waals surface area contributed by atoms with Gasteiger partial charge >= 0.3 is 5.97 Å². The predicted molar refractivity (Wildman–Crippen MR) is 104 cm³/mol. The highest BCUT2D eigenvalue weighted by Crippen LogP contribution is 2.33. The molecule has 160 valence electrons. The summed E-state index contributed by atoms with van der Waals surface area (Å²) < 4.78 is 27.5. The van der Waals surface area contributed by atoms with Gasteiger partial charge in [-0.3, -0.25) is 4.79 Å². The zero-order valence-electron chi connectivity index (χ0n) is 16.8. The van der Waals surface area contributed by atoms with E-state index < -0.39 is 17.3 Å². The van der Waals surface area contributed by atoms with Gasteiger partial charge in [-0.1, -0.05) is 11.6 Å². The number of carbonyl (C=O) groups is 2. The van der Waals surface area contributed by atoms with E-state index in [1.807, 2.05) is 6.92 Å². The Morgan fingerprint density at radius 3 is 2.41 bits per heavy atom. The Morgan fingerprint density at radius 1 is 1.17 bits per heavy atom. The molecule has 0 aliphatic carbocycles. The summed E-state index contributed by atoms with van der Waals surface area (Å²) in [5.74, 6) is -1.27. The van der Waals surface area contributed by atoms with Gasteiger partial charge in [0.25, 0.3) is 0 Å². The Kier molecular flexibility index (Phi) is 6.68. The lowest BCUT2D eigenvalue weighted by Gasteiger charge is -2.46. The lowest BCUT2D eigenvalue weighted by Crippen LogP contribution is -2.67. The standard InChI is InChI=1S/C20H26ClNO7/c1-13-8-14(21)9-16(25-2)15(13)10-17(23)22-19(18(24)26-3)11-28-20(29-12-19)4-6-27-7-5-20/h8-9H,4-7,10-12H2,1-3H3,(H,22,23). The number of methoxy groups -OCH3 is 2. The number of aryl methyl sites for hydroxylation is 1. The lowest BCUT2D eigenvalue weighted by atomic mass is 9.96. The number of hydrogen-bond donors (Lipinski definition) is 1. The molecule has 2 heterocycles. The number of esters is 1. The highest BCUT2D eigenvalue weighted by molar-refractivity contribution is 6.30. The van der Waals surface area contributed by atoms with E-state index in [4.69, 9.17) is 35.3 Å². The van der Waals surface area contributed by atoms with Crippen LogP contribution in [0.15, 0.2) is 12.1 Å². The van der Waals surface area contributed by atoms with E-state index in [2.05, 4.69) is 5.32 Å². The number of benzene rings is 1. The van der Waals surface area contributed by atoms with Gasteiger partial charge in [0.1, 0.15) is 5.75 Å². The van der Waals surface area contributed by atoms with E-state index in [-0.39, 0.29) is 25.5 Å². The Morgan fingerprint density at radius 2 is 1.83 bits per heavy atom. The summed E-state index contributed by atoms with van der Waals surface area (Å²) in [7, 11) is 2.78. The second-order valence-electron chi connectivity index (χ2n) is 7.30. The number of hydrogen-bond acceptors (Lipinski definition) is 7. The molecule has 2 aliphatic heterocycles. The number of carbonyl (C=O) groups excluding carboxylic acids is 2. The molecule has 3 rings (SSSR count). The van der Waals surface area contributed by atoms with Crippen LogP contribution in [0.4, 0.5) is 0 Å². The van der Waals surface area contributed by atoms with Crippen LogP contribution in [-0.2, 0) is 35.0 Å². The number of amides is 1. The van der Waals surface area contributed by atoms with Gasteiger partial charge in [0, 0.05) is 23.4 Å². The molecule has 0 radical (unpaired) electrons. The SMILES string of the molecule is COC(=O)C1(NC(=O)Cc2c(C)cc(Cl)cc2OC)COC2(CCOCC2)OC1. The van der Waals surface area contributed by atoms with Gasteiger partial charge in [-0.15, -0.1) is 0 Å². The van der Waals surface area contributed by atoms with Crippen LogP contribution in [0.25, 0.3) is 0 Å². The molecule has 0 aromatic heterocycles. The molecule has 0 saturated carbocycles. The normalized spacial score (nSPS) is 20.1. The van der Waals surface area contributed by atoms with Crippen molar-refractivity contribution in [3.8, 4) is 5.75 Å². The summed E-state index contributed by atoms with van der Waals surface area (Å²) in [5.41, 5.74) is 0.0880. The number of nitrogens with one attached hydrogen (secondary N) is 1. The third-order valence-electron chi connectivity index (χ3n) is 5.33. The highest BCUT2D eigenvalue weighted by atomic mass is 35.5. The average molecular weight is 428 g/mol. The van der Waals surface area contributed by atoms with Crippen molar-refractivity contribution in [1.82, 2.24) is 5.32 Å². The van der Waals surface area contributed by atoms with Crippen LogP contribution >= 0.6 is 11.6 Å². The van der Waals surface area contributed by atoms with Gasteiger partial charge in [-0.05, 0) is 24.6 Å². The van der Waals surface area contributed by atoms with Crippen molar-refractivity contribution in [2.75, 3.05) is 40.6 Å². The number of halogens is 1. The van der Waals surface area contributed by atoms with Gasteiger partial charge < -0.3 is 29.0 Å². The van der Waals surface area contributed by atoms with Crippen molar-refractivity contribution in [3.05, 3.63) is 28.3 Å². The van der Waals surface area contributed by atoms with Crippen LogP contribution in [0, 0.1) is 6.92 Å². The van der Waals surface area contributed by atoms with Crippen molar-refractivity contribution >= 4 is 23.5 Å². The molecule has 0 bridgehead atoms. The topological polar surface area (TPSA) is 92.3 Å². The van der Waals surface area contributed by atoms with Crippen LogP contribution in [-0.4, -0.2) is 63.8 Å². The summed E-state index contributed by atoms with van der Waals surface area (Å²) in [6, 6.07) is 3.40. The van der Waals surface area contributed by atoms with Gasteiger partial charge in [-0.2, -0.15) is 0 Å². The molecule has 29 heavy (non-hydrogen) atoms. The lowest BCUT2D eigenvalue weighted by molar-refractivity contribution is -0.311. The maximum atomic E-state index is 12.8. The molecule has 1 spiro atoms. The minimum absolute atomic E-state index is 0.00387. The monoisotopic (exact) mass is 427 g/mol. The largest absolute Gasteiger partial charge is 0.496 e. The molecule has 9 heteroatoms. The second-order valence-corrected chi connectivity index (χ2v) is 7.74. The van der Waals surface area contributed by atoms with Crippen LogP contribution in [0.2, 0.25) is 5.02 Å². The van der Waals surface area contributed by atoms with Crippen molar-refractivity contribution < 1.29 is 33.3 Å². The first-order valence-corrected chi connectivity index (χ1v) is 9.79. The van der Waals surface area contributed by atoms with E-state index >= 15 is 0 Å². The Hall–Kier alpha value is -1.87. The van der Waals surface area contributed by atoms with E-state index in [0.29, 0.717) is 42.4 Å². The summed E-state index contributed by atoms with van der Waals surface area (Å²) in [6.45, 7) is 2.81. The molecule has 2 fully saturated rings. The molecule has 8 nitrogen and oxygen atoms in total. The second kappa shape index (κ2) is 8.87. The van der Waals surface area contributed by atoms with Gasteiger partial charge in [0.15, 0.2) is 11.3 Å². The first-order chi connectivity index (χ1) is 13.8. The van der Waals surface area contributed by atoms with E-state index in [9.17, 15) is 9.59 Å². The molecule has 1 aromatic carbocycles. The zero-order chi connectivity index (χ0) is 21.1. The van der Waals surface area contributed by atoms with Crippen molar-refractivity contribution in [3.63, 3.8) is 0 Å². The zero-order valence-corrected chi connectivity index (χ0v) is 17.6. The molecule has 1 amide bonds. The first-order valence-electron chi connectivity index (χ1n) is 9.41. The minimum Gasteiger partial charge on any atom is -0.496 e. The predicted octanol–water partition coefficient (Wildman–Crippen LogP) is 1.78. The van der Waals surface area contributed by atoms with Crippen molar-refractivity contribution in [1.29, 1.82) is 0 Å². The molecule has 2 aliphatic rings. The van der Waals surface area contributed by atoms with Crippen molar-refractivity contribution in [2.24, 2.45) is 0 Å². The van der Waals surface area contributed by atoms with E-state index in [1.165, 1.54) is 14.2 Å². The summed E-state index contributed by atoms with van der Waals surface area (Å²) in [4.78, 5) is 25.4. The smallest absolute Gasteiger partial charge is 0.336 e. The summed E-state index contributed by atoms with van der Waals surface area (Å²) in [5, 5.41) is 3.28. The Bertz CT molecular complexity index is 766. The van der Waals surface area contributed by atoms with E-state index in [0.717, 1.165) is 5.56 Å². The van der Waals surface area contributed by atoms with Crippen molar-refractivity contribution in [2.45, 2.75) is 37.5 Å². The third-order valence-corrected chi connectivity index (χ3v) is 5.54. The Labute approximate surface area is 174 Å². The maximum absolute atomic E-state index is 12.8. The number of ether oxygens (including phenoxy) is 5. The van der Waals surface area contributed by atoms with Crippen LogP contribution in [0.1, 0.15) is 24.0 Å². The first kappa shape index (κ1) is 21.8. The van der Waals surface area contributed by atoms with E-state index in [1.54, 1.807) is 12.1 Å². The van der Waals surface area contributed by atoms with Crippen LogP contribution < -0.4 is 10.1 Å². The van der Waals surface area contributed by atoms with Gasteiger partial charge in [0.05, 0.1) is 47.1 Å². The maximum Gasteiger partial charge on any atom is 0.336 e. The fourth-order valence-electron chi connectivity index (χ4n) is 3.62. The highest BCUT2D eigenvalue weighted by Gasteiger charge is 2.51. The Balaban J connectivity index is 1.75. The molecule has 0 unspecified atom stereocenters. The minimum atomic E-state index is -1.41. The fourth-order valence-corrected chi connectivity index (χ4v) is 3.89. The molecule has 2 saturated heterocycles. The molecular weight excluding hydrogens is 402 g/mol.